The zero-order valence-corrected chi connectivity index (χ0v) is 8.99. The van der Waals surface area contributed by atoms with Gasteiger partial charge in [-0.05, 0) is 5.92 Å². The third kappa shape index (κ3) is 5.55. The second-order valence-corrected chi connectivity index (χ2v) is 3.68. The minimum atomic E-state index is 0.0523. The molecule has 0 aliphatic carbocycles. The molecule has 2 N–H and O–H groups in total. The summed E-state index contributed by atoms with van der Waals surface area (Å²) in [6.45, 7) is 5.71. The van der Waals surface area contributed by atoms with Gasteiger partial charge in [0.2, 0.25) is 5.91 Å². The summed E-state index contributed by atoms with van der Waals surface area (Å²) in [6, 6.07) is 2.04. The van der Waals surface area contributed by atoms with Crippen LogP contribution in [0.3, 0.4) is 0 Å². The van der Waals surface area contributed by atoms with Crippen LogP contribution < -0.4 is 5.73 Å². The van der Waals surface area contributed by atoms with Crippen LogP contribution in [0.2, 0.25) is 0 Å². The fourth-order valence-corrected chi connectivity index (χ4v) is 1.23. The summed E-state index contributed by atoms with van der Waals surface area (Å²) in [5.41, 5.74) is 5.31. The van der Waals surface area contributed by atoms with E-state index in [1.54, 1.807) is 4.90 Å². The van der Waals surface area contributed by atoms with E-state index >= 15 is 0 Å². The van der Waals surface area contributed by atoms with Gasteiger partial charge in [0.05, 0.1) is 12.5 Å². The van der Waals surface area contributed by atoms with Gasteiger partial charge >= 0.3 is 0 Å². The predicted molar refractivity (Wildman–Crippen MR) is 55.3 cm³/mol. The van der Waals surface area contributed by atoms with Crippen molar-refractivity contribution in [2.75, 3.05) is 19.6 Å². The van der Waals surface area contributed by atoms with Crippen molar-refractivity contribution in [3.05, 3.63) is 0 Å². The average molecular weight is 197 g/mol. The normalized spacial score (nSPS) is 9.93. The molecular weight excluding hydrogens is 178 g/mol. The van der Waals surface area contributed by atoms with E-state index in [1.807, 2.05) is 6.07 Å². The van der Waals surface area contributed by atoms with Crippen LogP contribution >= 0.6 is 0 Å². The molecule has 0 aliphatic heterocycles. The highest BCUT2D eigenvalue weighted by Crippen LogP contribution is 2.02. The fraction of sp³-hybridized carbons (Fsp3) is 0.800. The molecule has 0 rings (SSSR count). The average Bonchev–Trinajstić information content (AvgIpc) is 2.12. The van der Waals surface area contributed by atoms with Gasteiger partial charge in [-0.1, -0.05) is 13.8 Å². The van der Waals surface area contributed by atoms with Gasteiger partial charge in [-0.25, -0.2) is 0 Å². The fourth-order valence-electron chi connectivity index (χ4n) is 1.23. The molecule has 4 heteroatoms. The predicted octanol–water partition coefficient (Wildman–Crippen LogP) is 0.733. The van der Waals surface area contributed by atoms with Crippen LogP contribution in [0.25, 0.3) is 0 Å². The van der Waals surface area contributed by atoms with E-state index in [-0.39, 0.29) is 5.91 Å². The van der Waals surface area contributed by atoms with E-state index < -0.39 is 0 Å². The minimum absolute atomic E-state index is 0.0523. The molecule has 14 heavy (non-hydrogen) atoms. The largest absolute Gasteiger partial charge is 0.341 e. The van der Waals surface area contributed by atoms with Gasteiger partial charge in [-0.2, -0.15) is 5.26 Å². The van der Waals surface area contributed by atoms with Gasteiger partial charge in [-0.3, -0.25) is 4.79 Å². The Bertz CT molecular complexity index is 208. The van der Waals surface area contributed by atoms with Gasteiger partial charge < -0.3 is 10.6 Å². The maximum atomic E-state index is 11.5. The molecule has 1 amide bonds. The molecule has 0 fully saturated rings. The molecule has 0 aliphatic rings. The molecular formula is C10H19N3O. The first-order valence-electron chi connectivity index (χ1n) is 4.96. The van der Waals surface area contributed by atoms with Crippen molar-refractivity contribution in [1.29, 1.82) is 5.26 Å². The van der Waals surface area contributed by atoms with Crippen molar-refractivity contribution < 1.29 is 4.79 Å². The number of rotatable bonds is 6. The van der Waals surface area contributed by atoms with Crippen molar-refractivity contribution in [2.24, 2.45) is 11.7 Å². The Balaban J connectivity index is 4.09. The number of carbonyl (C=O) groups excluding carboxylic acids is 1. The van der Waals surface area contributed by atoms with Crippen molar-refractivity contribution in [2.45, 2.75) is 26.7 Å². The molecule has 0 radical (unpaired) electrons. The molecule has 0 bridgehead atoms. The monoisotopic (exact) mass is 197 g/mol. The lowest BCUT2D eigenvalue weighted by molar-refractivity contribution is -0.131. The standard InChI is InChI=1S/C10H19N3O/c1-9(2)8-13(7-3-5-11)10(14)4-6-12/h9H,3-4,6-8,12H2,1-2H3. The molecule has 0 atom stereocenters. The summed E-state index contributed by atoms with van der Waals surface area (Å²) < 4.78 is 0. The number of carbonyl (C=O) groups is 1. The summed E-state index contributed by atoms with van der Waals surface area (Å²) >= 11 is 0. The summed E-state index contributed by atoms with van der Waals surface area (Å²) in [6.07, 6.45) is 0.765. The highest BCUT2D eigenvalue weighted by atomic mass is 16.2. The van der Waals surface area contributed by atoms with Crippen molar-refractivity contribution >= 4 is 5.91 Å². The van der Waals surface area contributed by atoms with Crippen LogP contribution in [0.15, 0.2) is 0 Å². The summed E-state index contributed by atoms with van der Waals surface area (Å²) in [4.78, 5) is 13.2. The van der Waals surface area contributed by atoms with E-state index in [1.165, 1.54) is 0 Å². The Hall–Kier alpha value is -1.08. The number of hydrogen-bond acceptors (Lipinski definition) is 3. The number of nitrogens with two attached hydrogens (primary N) is 1. The van der Waals surface area contributed by atoms with Crippen LogP contribution in [-0.4, -0.2) is 30.4 Å². The maximum absolute atomic E-state index is 11.5. The molecule has 0 heterocycles. The molecule has 80 valence electrons. The van der Waals surface area contributed by atoms with Gasteiger partial charge in [0.15, 0.2) is 0 Å². The molecule has 0 aromatic carbocycles. The summed E-state index contributed by atoms with van der Waals surface area (Å²) in [5, 5.41) is 8.45. The first-order chi connectivity index (χ1) is 6.61. The first-order valence-corrected chi connectivity index (χ1v) is 4.96. The van der Waals surface area contributed by atoms with E-state index in [2.05, 4.69) is 13.8 Å². The van der Waals surface area contributed by atoms with Crippen LogP contribution in [-0.2, 0) is 4.79 Å². The topological polar surface area (TPSA) is 70.1 Å². The second-order valence-electron chi connectivity index (χ2n) is 3.68. The summed E-state index contributed by atoms with van der Waals surface area (Å²) in [7, 11) is 0. The molecule has 0 unspecified atom stereocenters. The van der Waals surface area contributed by atoms with E-state index in [4.69, 9.17) is 11.0 Å². The molecule has 0 aromatic rings. The second kappa shape index (κ2) is 7.34. The minimum Gasteiger partial charge on any atom is -0.341 e. The van der Waals surface area contributed by atoms with E-state index in [0.29, 0.717) is 38.4 Å². The van der Waals surface area contributed by atoms with E-state index in [9.17, 15) is 4.79 Å². The Kier molecular flexibility index (Phi) is 6.77. The SMILES string of the molecule is CC(C)CN(CCC#N)C(=O)CCN. The number of nitriles is 1. The van der Waals surface area contributed by atoms with Crippen molar-refractivity contribution in [3.63, 3.8) is 0 Å². The van der Waals surface area contributed by atoms with Crippen molar-refractivity contribution in [1.82, 2.24) is 4.90 Å². The molecule has 4 nitrogen and oxygen atoms in total. The number of amides is 1. The van der Waals surface area contributed by atoms with Gasteiger partial charge in [0.1, 0.15) is 0 Å². The van der Waals surface area contributed by atoms with Gasteiger partial charge in [0, 0.05) is 26.1 Å². The zero-order chi connectivity index (χ0) is 11.0. The molecule has 0 spiro atoms. The van der Waals surface area contributed by atoms with Crippen LogP contribution in [0.1, 0.15) is 26.7 Å². The third-order valence-corrected chi connectivity index (χ3v) is 1.79. The molecule has 0 aromatic heterocycles. The van der Waals surface area contributed by atoms with Crippen LogP contribution in [0.4, 0.5) is 0 Å². The number of nitrogens with zero attached hydrogens (tertiary/aromatic N) is 2. The van der Waals surface area contributed by atoms with Gasteiger partial charge in [0.25, 0.3) is 0 Å². The Morgan fingerprint density at radius 2 is 2.21 bits per heavy atom. The van der Waals surface area contributed by atoms with Crippen molar-refractivity contribution in [3.8, 4) is 6.07 Å². The lowest BCUT2D eigenvalue weighted by Crippen LogP contribution is -2.35. The maximum Gasteiger partial charge on any atom is 0.223 e. The lowest BCUT2D eigenvalue weighted by Gasteiger charge is -2.23. The Labute approximate surface area is 85.7 Å². The third-order valence-electron chi connectivity index (χ3n) is 1.79. The molecule has 0 saturated carbocycles. The zero-order valence-electron chi connectivity index (χ0n) is 8.99. The highest BCUT2D eigenvalue weighted by molar-refractivity contribution is 5.76. The lowest BCUT2D eigenvalue weighted by atomic mass is 10.2. The van der Waals surface area contributed by atoms with E-state index in [0.717, 1.165) is 0 Å². The quantitative estimate of drug-likeness (QED) is 0.682. The van der Waals surface area contributed by atoms with Gasteiger partial charge in [-0.15, -0.1) is 0 Å². The smallest absolute Gasteiger partial charge is 0.223 e. The summed E-state index contributed by atoms with van der Waals surface area (Å²) in [5.74, 6) is 0.479. The Morgan fingerprint density at radius 1 is 1.57 bits per heavy atom. The highest BCUT2D eigenvalue weighted by Gasteiger charge is 2.13. The first kappa shape index (κ1) is 12.9. The Morgan fingerprint density at radius 3 is 2.64 bits per heavy atom. The molecule has 0 saturated heterocycles. The van der Waals surface area contributed by atoms with Crippen LogP contribution in [0, 0.1) is 17.2 Å². The van der Waals surface area contributed by atoms with Crippen LogP contribution in [0.5, 0.6) is 0 Å². The number of hydrogen-bond donors (Lipinski definition) is 1.